The number of nitrogens with one attached hydrogen (secondary N) is 1. The Morgan fingerprint density at radius 3 is 2.85 bits per heavy atom. The molecule has 0 aliphatic rings. The van der Waals surface area contributed by atoms with Crippen molar-refractivity contribution < 1.29 is 4.74 Å². The van der Waals surface area contributed by atoms with Crippen LogP contribution in [0.1, 0.15) is 52.0 Å². The topological polar surface area (TPSA) is 42.8 Å². The molecule has 2 aromatic rings. The second-order valence-corrected chi connectivity index (χ2v) is 5.61. The van der Waals surface area contributed by atoms with Crippen molar-refractivity contribution in [3.63, 3.8) is 0 Å². The lowest BCUT2D eigenvalue weighted by Crippen LogP contribution is -2.06. The van der Waals surface area contributed by atoms with E-state index >= 15 is 0 Å². The Morgan fingerprint density at radius 2 is 2.15 bits per heavy atom. The molecule has 2 heterocycles. The highest BCUT2D eigenvalue weighted by Crippen LogP contribution is 2.23. The minimum absolute atomic E-state index is 0.354. The van der Waals surface area contributed by atoms with Crippen molar-refractivity contribution in [3.05, 3.63) is 16.9 Å². The van der Waals surface area contributed by atoms with E-state index in [-0.39, 0.29) is 0 Å². The zero-order chi connectivity index (χ0) is 14.5. The zero-order valence-electron chi connectivity index (χ0n) is 12.5. The fourth-order valence-corrected chi connectivity index (χ4v) is 2.88. The van der Waals surface area contributed by atoms with Gasteiger partial charge in [-0.1, -0.05) is 32.6 Å². The molecule has 5 heteroatoms. The smallest absolute Gasteiger partial charge is 0.215 e. The Labute approximate surface area is 125 Å². The third-order valence-electron chi connectivity index (χ3n) is 3.66. The van der Waals surface area contributed by atoms with Gasteiger partial charge >= 0.3 is 0 Å². The Kier molecular flexibility index (Phi) is 5.17. The first kappa shape index (κ1) is 15.0. The van der Waals surface area contributed by atoms with E-state index in [9.17, 15) is 0 Å². The Bertz CT molecular complexity index is 617. The summed E-state index contributed by atoms with van der Waals surface area (Å²) in [6.45, 7) is 4.44. The molecule has 4 nitrogen and oxygen atoms in total. The van der Waals surface area contributed by atoms with Crippen LogP contribution in [-0.2, 0) is 0 Å². The first-order valence-corrected chi connectivity index (χ1v) is 7.73. The number of hydrogen-bond acceptors (Lipinski definition) is 3. The number of ether oxygens (including phenoxy) is 1. The predicted octanol–water partition coefficient (Wildman–Crippen LogP) is 4.63. The van der Waals surface area contributed by atoms with Gasteiger partial charge < -0.3 is 9.72 Å². The van der Waals surface area contributed by atoms with Crippen molar-refractivity contribution >= 4 is 23.4 Å². The van der Waals surface area contributed by atoms with Crippen LogP contribution in [0.3, 0.4) is 0 Å². The number of methoxy groups -OCH3 is 1. The second-order valence-electron chi connectivity index (χ2n) is 5.22. The molecule has 0 bridgehead atoms. The van der Waals surface area contributed by atoms with Gasteiger partial charge in [-0.05, 0) is 31.6 Å². The van der Waals surface area contributed by atoms with Gasteiger partial charge in [-0.15, -0.1) is 0 Å². The van der Waals surface area contributed by atoms with Crippen LogP contribution in [0.4, 0.5) is 0 Å². The van der Waals surface area contributed by atoms with E-state index in [0.29, 0.717) is 11.9 Å². The maximum atomic E-state index is 5.44. The molecule has 0 saturated heterocycles. The van der Waals surface area contributed by atoms with Crippen molar-refractivity contribution in [1.82, 2.24) is 14.5 Å². The van der Waals surface area contributed by atoms with Gasteiger partial charge in [0.2, 0.25) is 5.88 Å². The van der Waals surface area contributed by atoms with Gasteiger partial charge in [0.25, 0.3) is 0 Å². The largest absolute Gasteiger partial charge is 0.481 e. The zero-order valence-corrected chi connectivity index (χ0v) is 13.3. The molecule has 0 spiro atoms. The van der Waals surface area contributed by atoms with Crippen LogP contribution in [0.5, 0.6) is 5.88 Å². The molecule has 1 N–H and O–H groups in total. The molecule has 2 rings (SSSR count). The SMILES string of the molecule is CCCCCCC(C)n1c(=S)[nH]c2ccc(OC)nc21. The summed E-state index contributed by atoms with van der Waals surface area (Å²) in [4.78, 5) is 7.74. The average molecular weight is 293 g/mol. The lowest BCUT2D eigenvalue weighted by Gasteiger charge is -2.14. The Balaban J connectivity index is 2.23. The highest BCUT2D eigenvalue weighted by Gasteiger charge is 2.13. The number of H-pyrrole nitrogens is 1. The van der Waals surface area contributed by atoms with Gasteiger partial charge in [-0.25, -0.2) is 0 Å². The van der Waals surface area contributed by atoms with Gasteiger partial charge in [-0.2, -0.15) is 4.98 Å². The quantitative estimate of drug-likeness (QED) is 0.597. The first-order valence-electron chi connectivity index (χ1n) is 7.32. The van der Waals surface area contributed by atoms with Crippen LogP contribution in [0.15, 0.2) is 12.1 Å². The molecule has 1 unspecified atom stereocenters. The summed E-state index contributed by atoms with van der Waals surface area (Å²) >= 11 is 5.44. The maximum Gasteiger partial charge on any atom is 0.215 e. The van der Waals surface area contributed by atoms with Crippen LogP contribution in [-0.4, -0.2) is 21.6 Å². The maximum absolute atomic E-state index is 5.44. The van der Waals surface area contributed by atoms with E-state index in [1.165, 1.54) is 25.7 Å². The third kappa shape index (κ3) is 3.20. The summed E-state index contributed by atoms with van der Waals surface area (Å²) in [7, 11) is 1.63. The molecule has 0 fully saturated rings. The summed E-state index contributed by atoms with van der Waals surface area (Å²) in [5.41, 5.74) is 1.86. The van der Waals surface area contributed by atoms with Crippen LogP contribution < -0.4 is 4.74 Å². The summed E-state index contributed by atoms with van der Waals surface area (Å²) in [5.74, 6) is 0.624. The lowest BCUT2D eigenvalue weighted by molar-refractivity contribution is 0.398. The first-order chi connectivity index (χ1) is 9.67. The van der Waals surface area contributed by atoms with E-state index < -0.39 is 0 Å². The Morgan fingerprint density at radius 1 is 1.35 bits per heavy atom. The number of imidazole rings is 1. The molecule has 110 valence electrons. The fraction of sp³-hybridized carbons (Fsp3) is 0.600. The summed E-state index contributed by atoms with van der Waals surface area (Å²) < 4.78 is 8.06. The monoisotopic (exact) mass is 293 g/mol. The molecular weight excluding hydrogens is 270 g/mol. The molecule has 0 amide bonds. The van der Waals surface area contributed by atoms with Crippen molar-refractivity contribution in [2.75, 3.05) is 7.11 Å². The van der Waals surface area contributed by atoms with Crippen molar-refractivity contribution in [1.29, 1.82) is 0 Å². The number of unbranched alkanes of at least 4 members (excludes halogenated alkanes) is 3. The Hall–Kier alpha value is -1.36. The van der Waals surface area contributed by atoms with E-state index in [0.717, 1.165) is 22.4 Å². The summed E-state index contributed by atoms with van der Waals surface area (Å²) in [5, 5.41) is 0. The molecule has 20 heavy (non-hydrogen) atoms. The number of rotatable bonds is 7. The van der Waals surface area contributed by atoms with Crippen molar-refractivity contribution in [2.24, 2.45) is 0 Å². The number of aromatic amines is 1. The molecule has 2 aromatic heterocycles. The molecule has 1 atom stereocenters. The van der Waals surface area contributed by atoms with Gasteiger partial charge in [-0.3, -0.25) is 4.57 Å². The number of nitrogens with zero attached hydrogens (tertiary/aromatic N) is 2. The van der Waals surface area contributed by atoms with E-state index in [1.54, 1.807) is 7.11 Å². The van der Waals surface area contributed by atoms with Crippen LogP contribution in [0.2, 0.25) is 0 Å². The molecule has 0 aromatic carbocycles. The van der Waals surface area contributed by atoms with Gasteiger partial charge in [0.15, 0.2) is 10.4 Å². The highest BCUT2D eigenvalue weighted by molar-refractivity contribution is 7.71. The third-order valence-corrected chi connectivity index (χ3v) is 3.96. The minimum Gasteiger partial charge on any atom is -0.481 e. The highest BCUT2D eigenvalue weighted by atomic mass is 32.1. The molecule has 0 aliphatic carbocycles. The van der Waals surface area contributed by atoms with Gasteiger partial charge in [0, 0.05) is 12.1 Å². The predicted molar refractivity (Wildman–Crippen MR) is 84.9 cm³/mol. The summed E-state index contributed by atoms with van der Waals surface area (Å²) in [6, 6.07) is 4.17. The number of pyridine rings is 1. The van der Waals surface area contributed by atoms with E-state index in [1.807, 2.05) is 12.1 Å². The normalized spacial score (nSPS) is 12.8. The van der Waals surface area contributed by atoms with Crippen molar-refractivity contribution in [2.45, 2.75) is 52.0 Å². The fourth-order valence-electron chi connectivity index (χ4n) is 2.50. The molecule has 0 saturated carbocycles. The van der Waals surface area contributed by atoms with Gasteiger partial charge in [0.05, 0.1) is 12.6 Å². The number of aromatic nitrogens is 3. The number of fused-ring (bicyclic) bond motifs is 1. The lowest BCUT2D eigenvalue weighted by atomic mass is 10.1. The number of hydrogen-bond donors (Lipinski definition) is 1. The standard InChI is InChI=1S/C15H23N3OS/c1-4-5-6-7-8-11(2)18-14-12(16-15(18)20)9-10-13(17-14)19-3/h9-11H,4-8H2,1-3H3,(H,16,20). The average Bonchev–Trinajstić information content (AvgIpc) is 2.78. The molecule has 0 radical (unpaired) electrons. The second kappa shape index (κ2) is 6.88. The van der Waals surface area contributed by atoms with E-state index in [2.05, 4.69) is 28.4 Å². The molecule has 0 aliphatic heterocycles. The van der Waals surface area contributed by atoms with Crippen LogP contribution in [0.25, 0.3) is 11.2 Å². The minimum atomic E-state index is 0.354. The van der Waals surface area contributed by atoms with E-state index in [4.69, 9.17) is 17.0 Å². The van der Waals surface area contributed by atoms with Crippen molar-refractivity contribution in [3.8, 4) is 5.88 Å². The van der Waals surface area contributed by atoms with Crippen LogP contribution in [0, 0.1) is 4.77 Å². The summed E-state index contributed by atoms with van der Waals surface area (Å²) in [6.07, 6.45) is 6.21. The van der Waals surface area contributed by atoms with Gasteiger partial charge in [0.1, 0.15) is 0 Å². The molecular formula is C15H23N3OS. The van der Waals surface area contributed by atoms with Crippen LogP contribution >= 0.6 is 12.2 Å².